The van der Waals surface area contributed by atoms with Gasteiger partial charge in [-0.25, -0.2) is 0 Å². The third-order valence-corrected chi connectivity index (χ3v) is 4.56. The third-order valence-electron chi connectivity index (χ3n) is 3.70. The van der Waals surface area contributed by atoms with E-state index in [1.54, 1.807) is 0 Å². The van der Waals surface area contributed by atoms with Crippen LogP contribution in [0, 0.1) is 5.92 Å². The summed E-state index contributed by atoms with van der Waals surface area (Å²) in [7, 11) is 0. The van der Waals surface area contributed by atoms with Crippen molar-refractivity contribution in [3.8, 4) is 5.75 Å². The highest BCUT2D eigenvalue weighted by molar-refractivity contribution is 9.10. The summed E-state index contributed by atoms with van der Waals surface area (Å²) in [5, 5.41) is 4.29. The molecule has 1 N–H and O–H groups in total. The molecular weight excluding hydrogens is 326 g/mol. The smallest absolute Gasteiger partial charge is 0.133 e. The second-order valence-corrected chi connectivity index (χ2v) is 6.62. The topological polar surface area (TPSA) is 21.3 Å². The highest BCUT2D eigenvalue weighted by atomic mass is 79.9. The Bertz CT molecular complexity index is 405. The minimum Gasteiger partial charge on any atom is -0.491 e. The molecule has 1 aromatic rings. The molecule has 0 radical (unpaired) electrons. The Morgan fingerprint density at radius 1 is 1.32 bits per heavy atom. The lowest BCUT2D eigenvalue weighted by atomic mass is 9.87. The molecule has 0 unspecified atom stereocenters. The van der Waals surface area contributed by atoms with Gasteiger partial charge >= 0.3 is 0 Å². The van der Waals surface area contributed by atoms with Crippen LogP contribution in [0.3, 0.4) is 0 Å². The normalized spacial score (nSPS) is 23.3. The Balaban J connectivity index is 1.66. The summed E-state index contributed by atoms with van der Waals surface area (Å²) in [5.41, 5.74) is 0. The van der Waals surface area contributed by atoms with Crippen LogP contribution in [-0.2, 0) is 0 Å². The van der Waals surface area contributed by atoms with Crippen molar-refractivity contribution in [1.29, 1.82) is 0 Å². The number of nitrogens with one attached hydrogen (secondary N) is 1. The molecule has 1 aromatic carbocycles. The van der Waals surface area contributed by atoms with Crippen LogP contribution in [0.1, 0.15) is 32.6 Å². The van der Waals surface area contributed by atoms with Crippen molar-refractivity contribution < 1.29 is 4.74 Å². The molecule has 2 rings (SSSR count). The molecule has 1 aliphatic rings. The summed E-state index contributed by atoms with van der Waals surface area (Å²) >= 11 is 9.35. The molecular formula is C15H21BrClNO. The van der Waals surface area contributed by atoms with Crippen molar-refractivity contribution in [2.45, 2.75) is 38.6 Å². The Morgan fingerprint density at radius 2 is 2.05 bits per heavy atom. The Hall–Kier alpha value is -0.250. The average Bonchev–Trinajstić information content (AvgIpc) is 2.39. The second-order valence-electron chi connectivity index (χ2n) is 5.33. The molecule has 1 saturated carbocycles. The first-order valence-corrected chi connectivity index (χ1v) is 8.13. The molecule has 0 saturated heterocycles. The van der Waals surface area contributed by atoms with Gasteiger partial charge in [0.25, 0.3) is 0 Å². The van der Waals surface area contributed by atoms with E-state index in [1.165, 1.54) is 25.7 Å². The summed E-state index contributed by atoms with van der Waals surface area (Å²) < 4.78 is 6.64. The first-order chi connectivity index (χ1) is 9.15. The molecule has 0 bridgehead atoms. The van der Waals surface area contributed by atoms with Gasteiger partial charge in [0.1, 0.15) is 12.4 Å². The van der Waals surface area contributed by atoms with Crippen LogP contribution in [0.2, 0.25) is 5.02 Å². The summed E-state index contributed by atoms with van der Waals surface area (Å²) in [6, 6.07) is 6.27. The number of halogens is 2. The van der Waals surface area contributed by atoms with E-state index in [9.17, 15) is 0 Å². The van der Waals surface area contributed by atoms with Gasteiger partial charge in [0.2, 0.25) is 0 Å². The van der Waals surface area contributed by atoms with Crippen molar-refractivity contribution in [3.63, 3.8) is 0 Å². The summed E-state index contributed by atoms with van der Waals surface area (Å²) in [4.78, 5) is 0. The SMILES string of the molecule is CC1CCC(NCCOc2ccc(Cl)cc2Br)CC1. The number of benzene rings is 1. The maximum absolute atomic E-state index is 5.89. The molecule has 0 amide bonds. The maximum Gasteiger partial charge on any atom is 0.133 e. The summed E-state index contributed by atoms with van der Waals surface area (Å²) in [5.74, 6) is 1.75. The zero-order valence-electron chi connectivity index (χ0n) is 11.3. The quantitative estimate of drug-likeness (QED) is 0.784. The molecule has 1 fully saturated rings. The number of rotatable bonds is 5. The fourth-order valence-corrected chi connectivity index (χ4v) is 3.28. The van der Waals surface area contributed by atoms with Crippen LogP contribution >= 0.6 is 27.5 Å². The molecule has 1 aliphatic carbocycles. The van der Waals surface area contributed by atoms with E-state index in [1.807, 2.05) is 18.2 Å². The molecule has 0 aliphatic heterocycles. The monoisotopic (exact) mass is 345 g/mol. The largest absolute Gasteiger partial charge is 0.491 e. The van der Waals surface area contributed by atoms with Gasteiger partial charge in [-0.3, -0.25) is 0 Å². The zero-order chi connectivity index (χ0) is 13.7. The van der Waals surface area contributed by atoms with Gasteiger partial charge in [0.05, 0.1) is 4.47 Å². The van der Waals surface area contributed by atoms with Gasteiger partial charge in [-0.1, -0.05) is 18.5 Å². The van der Waals surface area contributed by atoms with Gasteiger partial charge in [-0.2, -0.15) is 0 Å². The van der Waals surface area contributed by atoms with E-state index in [2.05, 4.69) is 28.2 Å². The molecule has 19 heavy (non-hydrogen) atoms. The molecule has 0 atom stereocenters. The first kappa shape index (κ1) is 15.1. The lowest BCUT2D eigenvalue weighted by Crippen LogP contribution is -2.35. The fourth-order valence-electron chi connectivity index (χ4n) is 2.48. The van der Waals surface area contributed by atoms with E-state index in [0.717, 1.165) is 22.7 Å². The second kappa shape index (κ2) is 7.51. The number of ether oxygens (including phenoxy) is 1. The van der Waals surface area contributed by atoms with Crippen LogP contribution in [0.4, 0.5) is 0 Å². The van der Waals surface area contributed by atoms with Gasteiger partial charge < -0.3 is 10.1 Å². The van der Waals surface area contributed by atoms with Gasteiger partial charge in [-0.15, -0.1) is 0 Å². The third kappa shape index (κ3) is 4.97. The first-order valence-electron chi connectivity index (χ1n) is 6.96. The fraction of sp³-hybridized carbons (Fsp3) is 0.600. The average molecular weight is 347 g/mol. The summed E-state index contributed by atoms with van der Waals surface area (Å²) in [6.07, 6.45) is 5.29. The standard InChI is InChI=1S/C15H21BrClNO/c1-11-2-5-13(6-3-11)18-8-9-19-15-7-4-12(17)10-14(15)16/h4,7,10-11,13,18H,2-3,5-6,8-9H2,1H3. The predicted molar refractivity (Wildman–Crippen MR) is 84.1 cm³/mol. The van der Waals surface area contributed by atoms with Crippen LogP contribution in [0.25, 0.3) is 0 Å². The molecule has 4 heteroatoms. The van der Waals surface area contributed by atoms with E-state index in [0.29, 0.717) is 17.7 Å². The zero-order valence-corrected chi connectivity index (χ0v) is 13.6. The van der Waals surface area contributed by atoms with Gasteiger partial charge in [0, 0.05) is 17.6 Å². The Morgan fingerprint density at radius 3 is 2.74 bits per heavy atom. The van der Waals surface area contributed by atoms with Crippen LogP contribution in [0.5, 0.6) is 5.75 Å². The highest BCUT2D eigenvalue weighted by Crippen LogP contribution is 2.28. The Labute approximate surface area is 129 Å². The number of hydrogen-bond acceptors (Lipinski definition) is 2. The van der Waals surface area contributed by atoms with Crippen molar-refractivity contribution in [1.82, 2.24) is 5.32 Å². The van der Waals surface area contributed by atoms with E-state index in [4.69, 9.17) is 16.3 Å². The molecule has 0 aromatic heterocycles. The lowest BCUT2D eigenvalue weighted by molar-refractivity contribution is 0.269. The van der Waals surface area contributed by atoms with Gasteiger partial charge in [-0.05, 0) is 65.7 Å². The van der Waals surface area contributed by atoms with Crippen molar-refractivity contribution >= 4 is 27.5 Å². The maximum atomic E-state index is 5.89. The highest BCUT2D eigenvalue weighted by Gasteiger charge is 2.17. The Kier molecular flexibility index (Phi) is 5.99. The van der Waals surface area contributed by atoms with Crippen LogP contribution in [-0.4, -0.2) is 19.2 Å². The van der Waals surface area contributed by atoms with Crippen LogP contribution < -0.4 is 10.1 Å². The molecule has 0 spiro atoms. The van der Waals surface area contributed by atoms with E-state index in [-0.39, 0.29) is 0 Å². The lowest BCUT2D eigenvalue weighted by Gasteiger charge is -2.27. The molecule has 106 valence electrons. The van der Waals surface area contributed by atoms with E-state index < -0.39 is 0 Å². The predicted octanol–water partition coefficient (Wildman–Crippen LogP) is 4.65. The van der Waals surface area contributed by atoms with Crippen LogP contribution in [0.15, 0.2) is 22.7 Å². The van der Waals surface area contributed by atoms with Crippen molar-refractivity contribution in [3.05, 3.63) is 27.7 Å². The van der Waals surface area contributed by atoms with Gasteiger partial charge in [0.15, 0.2) is 0 Å². The molecule has 2 nitrogen and oxygen atoms in total. The summed E-state index contributed by atoms with van der Waals surface area (Å²) in [6.45, 7) is 3.93. The van der Waals surface area contributed by atoms with Crippen molar-refractivity contribution in [2.24, 2.45) is 5.92 Å². The number of hydrogen-bond donors (Lipinski definition) is 1. The molecule has 0 heterocycles. The minimum atomic E-state index is 0.674. The minimum absolute atomic E-state index is 0.674. The van der Waals surface area contributed by atoms with Crippen molar-refractivity contribution in [2.75, 3.05) is 13.2 Å². The van der Waals surface area contributed by atoms with E-state index >= 15 is 0 Å².